The first-order valence-corrected chi connectivity index (χ1v) is 10.2. The zero-order chi connectivity index (χ0) is 16.5. The maximum Gasteiger partial charge on any atom is 0.407 e. The molecule has 3 nitrogen and oxygen atoms in total. The van der Waals surface area contributed by atoms with Crippen molar-refractivity contribution >= 4 is 33.8 Å². The number of thioether (sulfide) groups is 1. The minimum Gasteiger partial charge on any atom is -0.450 e. The van der Waals surface area contributed by atoms with E-state index in [0.29, 0.717) is 6.61 Å². The quantitative estimate of drug-likeness (QED) is 0.466. The summed E-state index contributed by atoms with van der Waals surface area (Å²) >= 11 is 5.28. The summed E-state index contributed by atoms with van der Waals surface area (Å²) in [7, 11) is 0. The van der Waals surface area contributed by atoms with Crippen molar-refractivity contribution in [3.8, 4) is 0 Å². The highest BCUT2D eigenvalue weighted by molar-refractivity contribution is 9.10. The molecule has 1 aromatic carbocycles. The summed E-state index contributed by atoms with van der Waals surface area (Å²) in [5, 5.41) is 3.18. The Balaban J connectivity index is 1.92. The van der Waals surface area contributed by atoms with Crippen molar-refractivity contribution in [2.75, 3.05) is 12.4 Å². The Morgan fingerprint density at radius 2 is 1.96 bits per heavy atom. The first-order valence-electron chi connectivity index (χ1n) is 8.47. The van der Waals surface area contributed by atoms with E-state index < -0.39 is 0 Å². The number of alkyl carbamates (subject to hydrolysis) is 1. The molecule has 0 bridgehead atoms. The van der Waals surface area contributed by atoms with Gasteiger partial charge in [-0.05, 0) is 43.5 Å². The maximum absolute atomic E-state index is 12.1. The van der Waals surface area contributed by atoms with Crippen molar-refractivity contribution in [2.45, 2.75) is 62.3 Å². The number of amides is 1. The average molecular weight is 400 g/mol. The van der Waals surface area contributed by atoms with Gasteiger partial charge in [0.1, 0.15) is 0 Å². The van der Waals surface area contributed by atoms with Crippen molar-refractivity contribution in [3.05, 3.63) is 28.7 Å². The lowest BCUT2D eigenvalue weighted by Crippen LogP contribution is -2.52. The van der Waals surface area contributed by atoms with Gasteiger partial charge >= 0.3 is 6.09 Å². The fourth-order valence-corrected chi connectivity index (χ4v) is 4.24. The van der Waals surface area contributed by atoms with Crippen LogP contribution in [0.2, 0.25) is 0 Å². The molecular formula is C18H26BrNO2S. The van der Waals surface area contributed by atoms with Crippen molar-refractivity contribution in [1.29, 1.82) is 0 Å². The third-order valence-electron chi connectivity index (χ3n) is 4.24. The van der Waals surface area contributed by atoms with Gasteiger partial charge in [0.25, 0.3) is 0 Å². The van der Waals surface area contributed by atoms with Crippen LogP contribution in [-0.2, 0) is 4.74 Å². The standard InChI is InChI=1S/C18H26BrNO2S/c1-2-3-13-22-17(21)20-18(11-5-4-6-12-18)14-23-16-9-7-15(19)8-10-16/h7-10H,2-6,11-14H2,1H3,(H,20,21). The van der Waals surface area contributed by atoms with E-state index in [1.165, 1.54) is 24.2 Å². The van der Waals surface area contributed by atoms with Gasteiger partial charge in [0.2, 0.25) is 0 Å². The second-order valence-electron chi connectivity index (χ2n) is 6.20. The lowest BCUT2D eigenvalue weighted by atomic mass is 9.83. The van der Waals surface area contributed by atoms with Gasteiger partial charge in [-0.25, -0.2) is 4.79 Å². The second kappa shape index (κ2) is 9.58. The summed E-state index contributed by atoms with van der Waals surface area (Å²) < 4.78 is 6.40. The molecule has 1 aromatic rings. The molecule has 1 aliphatic carbocycles. The molecule has 0 radical (unpaired) electrons. The van der Waals surface area contributed by atoms with Gasteiger partial charge in [-0.3, -0.25) is 0 Å². The van der Waals surface area contributed by atoms with Crippen LogP contribution < -0.4 is 5.32 Å². The maximum atomic E-state index is 12.1. The lowest BCUT2D eigenvalue weighted by Gasteiger charge is -2.37. The highest BCUT2D eigenvalue weighted by Gasteiger charge is 2.34. The van der Waals surface area contributed by atoms with Gasteiger partial charge in [-0.1, -0.05) is 48.5 Å². The number of rotatable bonds is 7. The number of halogens is 1. The Kier molecular flexibility index (Phi) is 7.77. The SMILES string of the molecule is CCCCOC(=O)NC1(CSc2ccc(Br)cc2)CCCCC1. The van der Waals surface area contributed by atoms with Gasteiger partial charge in [-0.15, -0.1) is 11.8 Å². The smallest absolute Gasteiger partial charge is 0.407 e. The first-order chi connectivity index (χ1) is 11.1. The summed E-state index contributed by atoms with van der Waals surface area (Å²) in [6.45, 7) is 2.61. The van der Waals surface area contributed by atoms with Gasteiger partial charge in [0, 0.05) is 15.1 Å². The highest BCUT2D eigenvalue weighted by atomic mass is 79.9. The van der Waals surface area contributed by atoms with Gasteiger partial charge < -0.3 is 10.1 Å². The second-order valence-corrected chi connectivity index (χ2v) is 8.16. The van der Waals surface area contributed by atoms with E-state index in [9.17, 15) is 4.79 Å². The molecule has 1 amide bonds. The Labute approximate surface area is 152 Å². The number of ether oxygens (including phenoxy) is 1. The molecule has 0 unspecified atom stereocenters. The van der Waals surface area contributed by atoms with Crippen molar-refractivity contribution < 1.29 is 9.53 Å². The fraction of sp³-hybridized carbons (Fsp3) is 0.611. The number of hydrogen-bond donors (Lipinski definition) is 1. The molecule has 1 saturated carbocycles. The van der Waals surface area contributed by atoms with Crippen LogP contribution in [0.4, 0.5) is 4.79 Å². The Bertz CT molecular complexity index is 486. The Morgan fingerprint density at radius 3 is 2.61 bits per heavy atom. The van der Waals surface area contributed by atoms with Crippen LogP contribution in [0, 0.1) is 0 Å². The minimum atomic E-state index is -0.253. The number of unbranched alkanes of at least 4 members (excludes halogenated alkanes) is 1. The van der Waals surface area contributed by atoms with E-state index in [2.05, 4.69) is 52.4 Å². The zero-order valence-corrected chi connectivity index (χ0v) is 16.2. The van der Waals surface area contributed by atoms with E-state index in [-0.39, 0.29) is 11.6 Å². The predicted molar refractivity (Wildman–Crippen MR) is 100 cm³/mol. The fourth-order valence-electron chi connectivity index (χ4n) is 2.85. The van der Waals surface area contributed by atoms with Crippen LogP contribution in [0.1, 0.15) is 51.9 Å². The third kappa shape index (κ3) is 6.38. The lowest BCUT2D eigenvalue weighted by molar-refractivity contribution is 0.126. The van der Waals surface area contributed by atoms with Crippen molar-refractivity contribution in [2.24, 2.45) is 0 Å². The van der Waals surface area contributed by atoms with E-state index in [4.69, 9.17) is 4.74 Å². The van der Waals surface area contributed by atoms with Crippen LogP contribution in [0.3, 0.4) is 0 Å². The summed E-state index contributed by atoms with van der Waals surface area (Å²) in [6.07, 6.45) is 7.41. The molecule has 2 rings (SSSR count). The zero-order valence-electron chi connectivity index (χ0n) is 13.8. The molecule has 128 valence electrons. The first kappa shape index (κ1) is 18.7. The van der Waals surface area contributed by atoms with E-state index in [1.807, 2.05) is 11.8 Å². The molecule has 0 aliphatic heterocycles. The van der Waals surface area contributed by atoms with E-state index in [0.717, 1.165) is 35.9 Å². The largest absolute Gasteiger partial charge is 0.450 e. The molecule has 0 aromatic heterocycles. The number of carbonyl (C=O) groups excluding carboxylic acids is 1. The molecule has 23 heavy (non-hydrogen) atoms. The van der Waals surface area contributed by atoms with Crippen LogP contribution in [-0.4, -0.2) is 24.0 Å². The molecule has 0 heterocycles. The number of nitrogens with one attached hydrogen (secondary N) is 1. The van der Waals surface area contributed by atoms with Crippen LogP contribution in [0.15, 0.2) is 33.6 Å². The summed E-state index contributed by atoms with van der Waals surface area (Å²) in [5.74, 6) is 0.900. The highest BCUT2D eigenvalue weighted by Crippen LogP contribution is 2.34. The van der Waals surface area contributed by atoms with Crippen molar-refractivity contribution in [3.63, 3.8) is 0 Å². The number of carbonyl (C=O) groups is 1. The molecule has 0 spiro atoms. The minimum absolute atomic E-state index is 0.126. The summed E-state index contributed by atoms with van der Waals surface area (Å²) in [5.41, 5.74) is -0.126. The predicted octanol–water partition coefficient (Wildman–Crippen LogP) is 5.77. The molecule has 1 N–H and O–H groups in total. The van der Waals surface area contributed by atoms with Crippen LogP contribution >= 0.6 is 27.7 Å². The summed E-state index contributed by atoms with van der Waals surface area (Å²) in [4.78, 5) is 13.3. The van der Waals surface area contributed by atoms with Crippen molar-refractivity contribution in [1.82, 2.24) is 5.32 Å². The van der Waals surface area contributed by atoms with Crippen LogP contribution in [0.25, 0.3) is 0 Å². The monoisotopic (exact) mass is 399 g/mol. The van der Waals surface area contributed by atoms with Crippen LogP contribution in [0.5, 0.6) is 0 Å². The molecule has 1 fully saturated rings. The molecular weight excluding hydrogens is 374 g/mol. The molecule has 5 heteroatoms. The molecule has 1 aliphatic rings. The average Bonchev–Trinajstić information content (AvgIpc) is 2.55. The molecule has 0 saturated heterocycles. The van der Waals surface area contributed by atoms with Gasteiger partial charge in [0.05, 0.1) is 12.1 Å². The van der Waals surface area contributed by atoms with Gasteiger partial charge in [0.15, 0.2) is 0 Å². The topological polar surface area (TPSA) is 38.3 Å². The summed E-state index contributed by atoms with van der Waals surface area (Å²) in [6, 6.07) is 8.35. The number of benzene rings is 1. The Hall–Kier alpha value is -0.680. The normalized spacial score (nSPS) is 16.8. The third-order valence-corrected chi connectivity index (χ3v) is 6.07. The Morgan fingerprint density at radius 1 is 1.26 bits per heavy atom. The van der Waals surface area contributed by atoms with Gasteiger partial charge in [-0.2, -0.15) is 0 Å². The van der Waals surface area contributed by atoms with E-state index in [1.54, 1.807) is 0 Å². The van der Waals surface area contributed by atoms with E-state index >= 15 is 0 Å². The number of hydrogen-bond acceptors (Lipinski definition) is 3. The molecule has 0 atom stereocenters.